The summed E-state index contributed by atoms with van der Waals surface area (Å²) in [6.45, 7) is 10.3. The molecule has 6 nitrogen and oxygen atoms in total. The van der Waals surface area contributed by atoms with Crippen LogP contribution in [0.15, 0.2) is 18.3 Å². The standard InChI is InChI=1S/C16H22N4O2/c1-6-22-16(21)13-7-8-14(17-9-13)18-15-11(4)19-20(10(2)3)12(15)5/h7-10H,6H2,1-5H3,(H,17,18). The monoisotopic (exact) mass is 302 g/mol. The van der Waals surface area contributed by atoms with Gasteiger partial charge in [-0.2, -0.15) is 5.10 Å². The van der Waals surface area contributed by atoms with Crippen molar-refractivity contribution in [3.8, 4) is 0 Å². The Hall–Kier alpha value is -2.37. The summed E-state index contributed by atoms with van der Waals surface area (Å²) in [6.07, 6.45) is 1.51. The molecule has 0 aliphatic rings. The second-order valence-corrected chi connectivity index (χ2v) is 5.36. The predicted molar refractivity (Wildman–Crippen MR) is 85.6 cm³/mol. The van der Waals surface area contributed by atoms with E-state index in [1.807, 2.05) is 18.5 Å². The second kappa shape index (κ2) is 6.60. The first-order chi connectivity index (χ1) is 10.4. The fourth-order valence-corrected chi connectivity index (χ4v) is 2.28. The van der Waals surface area contributed by atoms with Gasteiger partial charge in [-0.05, 0) is 46.8 Å². The molecule has 2 aromatic rings. The number of nitrogens with zero attached hydrogens (tertiary/aromatic N) is 3. The molecule has 1 N–H and O–H groups in total. The molecule has 118 valence electrons. The highest BCUT2D eigenvalue weighted by Gasteiger charge is 2.14. The number of aryl methyl sites for hydroxylation is 1. The quantitative estimate of drug-likeness (QED) is 0.857. The maximum Gasteiger partial charge on any atom is 0.339 e. The van der Waals surface area contributed by atoms with Crippen molar-refractivity contribution in [2.24, 2.45) is 0 Å². The van der Waals surface area contributed by atoms with Crippen LogP contribution >= 0.6 is 0 Å². The van der Waals surface area contributed by atoms with E-state index in [-0.39, 0.29) is 5.97 Å². The van der Waals surface area contributed by atoms with Crippen LogP contribution < -0.4 is 5.32 Å². The van der Waals surface area contributed by atoms with Gasteiger partial charge in [0.2, 0.25) is 0 Å². The van der Waals surface area contributed by atoms with E-state index < -0.39 is 0 Å². The molecule has 0 aliphatic carbocycles. The number of pyridine rings is 1. The summed E-state index contributed by atoms with van der Waals surface area (Å²) in [5.74, 6) is 0.309. The molecule has 2 heterocycles. The Kier molecular flexibility index (Phi) is 4.80. The van der Waals surface area contributed by atoms with E-state index in [1.54, 1.807) is 19.1 Å². The lowest BCUT2D eigenvalue weighted by molar-refractivity contribution is 0.0526. The maximum atomic E-state index is 11.6. The largest absolute Gasteiger partial charge is 0.462 e. The molecule has 0 atom stereocenters. The van der Waals surface area contributed by atoms with E-state index >= 15 is 0 Å². The predicted octanol–water partition coefficient (Wildman–Crippen LogP) is 3.40. The highest BCUT2D eigenvalue weighted by atomic mass is 16.5. The third kappa shape index (κ3) is 3.27. The van der Waals surface area contributed by atoms with E-state index in [0.29, 0.717) is 24.0 Å². The number of rotatable bonds is 5. The van der Waals surface area contributed by atoms with E-state index in [4.69, 9.17) is 4.74 Å². The van der Waals surface area contributed by atoms with E-state index in [0.717, 1.165) is 17.1 Å². The van der Waals surface area contributed by atoms with Crippen molar-refractivity contribution in [2.45, 2.75) is 40.7 Å². The zero-order chi connectivity index (χ0) is 16.3. The molecule has 0 unspecified atom stereocenters. The summed E-state index contributed by atoms with van der Waals surface area (Å²) in [7, 11) is 0. The number of nitrogens with one attached hydrogen (secondary N) is 1. The van der Waals surface area contributed by atoms with Gasteiger partial charge in [0.05, 0.1) is 29.2 Å². The van der Waals surface area contributed by atoms with Crippen molar-refractivity contribution >= 4 is 17.5 Å². The number of carbonyl (C=O) groups excluding carboxylic acids is 1. The van der Waals surface area contributed by atoms with E-state index in [9.17, 15) is 4.79 Å². The first-order valence-electron chi connectivity index (χ1n) is 7.40. The summed E-state index contributed by atoms with van der Waals surface area (Å²) < 4.78 is 6.92. The lowest BCUT2D eigenvalue weighted by Crippen LogP contribution is -2.06. The van der Waals surface area contributed by atoms with Crippen LogP contribution in [0.5, 0.6) is 0 Å². The minimum atomic E-state index is -0.360. The average molecular weight is 302 g/mol. The lowest BCUT2D eigenvalue weighted by atomic mass is 10.2. The number of esters is 1. The van der Waals surface area contributed by atoms with Crippen molar-refractivity contribution in [3.05, 3.63) is 35.3 Å². The first-order valence-corrected chi connectivity index (χ1v) is 7.40. The Balaban J connectivity index is 2.20. The Morgan fingerprint density at radius 2 is 2.09 bits per heavy atom. The van der Waals surface area contributed by atoms with E-state index in [1.165, 1.54) is 6.20 Å². The molecule has 0 fully saturated rings. The smallest absolute Gasteiger partial charge is 0.339 e. The molecule has 0 amide bonds. The van der Waals surface area contributed by atoms with Gasteiger partial charge in [0, 0.05) is 12.2 Å². The van der Waals surface area contributed by atoms with Crippen LogP contribution in [0, 0.1) is 13.8 Å². The van der Waals surface area contributed by atoms with Crippen LogP contribution in [-0.2, 0) is 4.74 Å². The van der Waals surface area contributed by atoms with Crippen LogP contribution in [0.3, 0.4) is 0 Å². The summed E-state index contributed by atoms with van der Waals surface area (Å²) in [6, 6.07) is 3.76. The third-order valence-electron chi connectivity index (χ3n) is 3.34. The number of hydrogen-bond donors (Lipinski definition) is 1. The van der Waals surface area contributed by atoms with Gasteiger partial charge in [-0.15, -0.1) is 0 Å². The molecule has 6 heteroatoms. The maximum absolute atomic E-state index is 11.6. The molecule has 0 saturated carbocycles. The van der Waals surface area contributed by atoms with Crippen molar-refractivity contribution in [1.82, 2.24) is 14.8 Å². The van der Waals surface area contributed by atoms with Gasteiger partial charge in [-0.1, -0.05) is 0 Å². The number of ether oxygens (including phenoxy) is 1. The van der Waals surface area contributed by atoms with Gasteiger partial charge in [-0.3, -0.25) is 4.68 Å². The molecule has 0 aliphatic heterocycles. The Labute approximate surface area is 130 Å². The number of anilines is 2. The van der Waals surface area contributed by atoms with Gasteiger partial charge >= 0.3 is 5.97 Å². The van der Waals surface area contributed by atoms with Crippen molar-refractivity contribution < 1.29 is 9.53 Å². The van der Waals surface area contributed by atoms with Crippen LogP contribution in [0.25, 0.3) is 0 Å². The SMILES string of the molecule is CCOC(=O)c1ccc(Nc2c(C)nn(C(C)C)c2C)nc1. The zero-order valence-corrected chi connectivity index (χ0v) is 13.7. The Bertz CT molecular complexity index is 660. The van der Waals surface area contributed by atoms with Crippen LogP contribution in [0.2, 0.25) is 0 Å². The zero-order valence-electron chi connectivity index (χ0n) is 13.7. The lowest BCUT2D eigenvalue weighted by Gasteiger charge is -2.10. The third-order valence-corrected chi connectivity index (χ3v) is 3.34. The minimum absolute atomic E-state index is 0.299. The Morgan fingerprint density at radius 3 is 2.59 bits per heavy atom. The average Bonchev–Trinajstić information content (AvgIpc) is 2.76. The van der Waals surface area contributed by atoms with Crippen molar-refractivity contribution in [1.29, 1.82) is 0 Å². The molecule has 0 spiro atoms. The normalized spacial score (nSPS) is 10.8. The summed E-state index contributed by atoms with van der Waals surface area (Å²) >= 11 is 0. The molecule has 2 aromatic heterocycles. The molecule has 22 heavy (non-hydrogen) atoms. The summed E-state index contributed by atoms with van der Waals surface area (Å²) in [5.41, 5.74) is 3.37. The minimum Gasteiger partial charge on any atom is -0.462 e. The van der Waals surface area contributed by atoms with Crippen LogP contribution in [-0.4, -0.2) is 27.3 Å². The molecule has 0 bridgehead atoms. The molecule has 0 saturated heterocycles. The summed E-state index contributed by atoms with van der Waals surface area (Å²) in [4.78, 5) is 15.9. The highest BCUT2D eigenvalue weighted by molar-refractivity contribution is 5.89. The molecular weight excluding hydrogens is 280 g/mol. The summed E-state index contributed by atoms with van der Waals surface area (Å²) in [5, 5.41) is 7.80. The van der Waals surface area contributed by atoms with Crippen LogP contribution in [0.4, 0.5) is 11.5 Å². The first kappa shape index (κ1) is 16.0. The number of hydrogen-bond acceptors (Lipinski definition) is 5. The fraction of sp³-hybridized carbons (Fsp3) is 0.438. The molecule has 0 radical (unpaired) electrons. The number of carbonyl (C=O) groups is 1. The van der Waals surface area contributed by atoms with Gasteiger partial charge < -0.3 is 10.1 Å². The van der Waals surface area contributed by atoms with Gasteiger partial charge in [-0.25, -0.2) is 9.78 Å². The van der Waals surface area contributed by atoms with E-state index in [2.05, 4.69) is 29.2 Å². The second-order valence-electron chi connectivity index (χ2n) is 5.36. The van der Waals surface area contributed by atoms with Gasteiger partial charge in [0.25, 0.3) is 0 Å². The Morgan fingerprint density at radius 1 is 1.36 bits per heavy atom. The molecule has 2 rings (SSSR count). The van der Waals surface area contributed by atoms with Crippen LogP contribution in [0.1, 0.15) is 48.6 Å². The van der Waals surface area contributed by atoms with Crippen molar-refractivity contribution in [3.63, 3.8) is 0 Å². The van der Waals surface area contributed by atoms with Gasteiger partial charge in [0.15, 0.2) is 0 Å². The number of aromatic nitrogens is 3. The molecule has 0 aromatic carbocycles. The molecular formula is C16H22N4O2. The fourth-order valence-electron chi connectivity index (χ4n) is 2.28. The van der Waals surface area contributed by atoms with Gasteiger partial charge in [0.1, 0.15) is 5.82 Å². The topological polar surface area (TPSA) is 69.0 Å². The van der Waals surface area contributed by atoms with Crippen molar-refractivity contribution in [2.75, 3.05) is 11.9 Å². The highest BCUT2D eigenvalue weighted by Crippen LogP contribution is 2.25.